The zero-order valence-corrected chi connectivity index (χ0v) is 15.1. The van der Waals surface area contributed by atoms with E-state index < -0.39 is 0 Å². The van der Waals surface area contributed by atoms with Crippen molar-refractivity contribution in [2.45, 2.75) is 46.2 Å². The Kier molecular flexibility index (Phi) is 6.75. The second kappa shape index (κ2) is 8.58. The lowest BCUT2D eigenvalue weighted by atomic mass is 9.96. The van der Waals surface area contributed by atoms with Crippen LogP contribution in [-0.2, 0) is 16.1 Å². The highest BCUT2D eigenvalue weighted by atomic mass is 19.1. The smallest absolute Gasteiger partial charge is 0.240 e. The first-order chi connectivity index (χ1) is 11.4. The van der Waals surface area contributed by atoms with Gasteiger partial charge in [-0.15, -0.1) is 0 Å². The van der Waals surface area contributed by atoms with Crippen LogP contribution in [0, 0.1) is 11.7 Å². The summed E-state index contributed by atoms with van der Waals surface area (Å²) in [5, 5.41) is 2.91. The van der Waals surface area contributed by atoms with Gasteiger partial charge in [0, 0.05) is 25.2 Å². The van der Waals surface area contributed by atoms with Gasteiger partial charge in [-0.3, -0.25) is 9.69 Å². The summed E-state index contributed by atoms with van der Waals surface area (Å²) in [5.41, 5.74) is 1.52. The fourth-order valence-electron chi connectivity index (χ4n) is 3.16. The maximum atomic E-state index is 14.2. The fraction of sp³-hybridized carbons (Fsp3) is 0.632. The second-order valence-corrected chi connectivity index (χ2v) is 7.16. The third kappa shape index (κ3) is 4.77. The molecule has 0 bridgehead atoms. The lowest BCUT2D eigenvalue weighted by Gasteiger charge is -2.35. The minimum Gasteiger partial charge on any atom is -0.378 e. The number of benzene rings is 1. The van der Waals surface area contributed by atoms with Crippen molar-refractivity contribution in [3.63, 3.8) is 0 Å². The molecular weight excluding hydrogens is 307 g/mol. The van der Waals surface area contributed by atoms with Crippen LogP contribution < -0.4 is 5.32 Å². The molecule has 1 amide bonds. The minimum atomic E-state index is -0.296. The molecule has 4 nitrogen and oxygen atoms in total. The molecule has 134 valence electrons. The summed E-state index contributed by atoms with van der Waals surface area (Å²) < 4.78 is 19.6. The Morgan fingerprint density at radius 3 is 2.79 bits per heavy atom. The Labute approximate surface area is 144 Å². The Bertz CT molecular complexity index is 560. The number of rotatable bonds is 6. The third-order valence-corrected chi connectivity index (χ3v) is 4.36. The molecule has 1 fully saturated rings. The first-order valence-electron chi connectivity index (χ1n) is 8.77. The standard InChI is InChI=1S/C19H29FN2O2/c1-13(2)11-22-8-9-24-12-18(22)19(23)21-10-16-15(14(3)4)6-5-7-17(16)20/h5-7,13-14,18H,8-12H2,1-4H3,(H,21,23). The van der Waals surface area contributed by atoms with Gasteiger partial charge in [0.1, 0.15) is 11.9 Å². The number of carbonyl (C=O) groups is 1. The molecule has 24 heavy (non-hydrogen) atoms. The summed E-state index contributed by atoms with van der Waals surface area (Å²) in [7, 11) is 0. The van der Waals surface area contributed by atoms with Gasteiger partial charge in [0.2, 0.25) is 5.91 Å². The average Bonchev–Trinajstić information content (AvgIpc) is 2.53. The number of carbonyl (C=O) groups excluding carboxylic acids is 1. The first-order valence-corrected chi connectivity index (χ1v) is 8.77. The molecule has 1 saturated heterocycles. The summed E-state index contributed by atoms with van der Waals surface area (Å²) in [5.74, 6) is 0.342. The van der Waals surface area contributed by atoms with Crippen molar-refractivity contribution in [1.29, 1.82) is 0 Å². The van der Waals surface area contributed by atoms with Crippen LogP contribution in [0.15, 0.2) is 18.2 Å². The molecule has 1 aromatic carbocycles. The number of hydrogen-bond donors (Lipinski definition) is 1. The molecule has 5 heteroatoms. The molecule has 0 aromatic heterocycles. The van der Waals surface area contributed by atoms with Gasteiger partial charge in [0.05, 0.1) is 13.2 Å². The van der Waals surface area contributed by atoms with Crippen LogP contribution in [0.2, 0.25) is 0 Å². The third-order valence-electron chi connectivity index (χ3n) is 4.36. The number of nitrogens with zero attached hydrogens (tertiary/aromatic N) is 1. The molecule has 1 unspecified atom stereocenters. The van der Waals surface area contributed by atoms with Crippen LogP contribution >= 0.6 is 0 Å². The predicted molar refractivity (Wildman–Crippen MR) is 93.4 cm³/mol. The van der Waals surface area contributed by atoms with Crippen molar-refractivity contribution in [1.82, 2.24) is 10.2 Å². The predicted octanol–water partition coefficient (Wildman–Crippen LogP) is 2.92. The van der Waals surface area contributed by atoms with E-state index >= 15 is 0 Å². The number of amides is 1. The summed E-state index contributed by atoms with van der Waals surface area (Å²) in [6.07, 6.45) is 0. The van der Waals surface area contributed by atoms with Gasteiger partial charge in [0.25, 0.3) is 0 Å². The molecule has 1 aliphatic rings. The lowest BCUT2D eigenvalue weighted by molar-refractivity contribution is -0.133. The van der Waals surface area contributed by atoms with E-state index in [1.54, 1.807) is 6.07 Å². The van der Waals surface area contributed by atoms with Crippen LogP contribution in [0.3, 0.4) is 0 Å². The largest absolute Gasteiger partial charge is 0.378 e. The molecule has 2 rings (SSSR count). The minimum absolute atomic E-state index is 0.0895. The normalized spacial score (nSPS) is 19.0. The zero-order chi connectivity index (χ0) is 17.7. The quantitative estimate of drug-likeness (QED) is 0.868. The molecule has 0 saturated carbocycles. The van der Waals surface area contributed by atoms with E-state index in [-0.39, 0.29) is 30.2 Å². The molecule has 0 aliphatic carbocycles. The van der Waals surface area contributed by atoms with Gasteiger partial charge in [-0.05, 0) is 23.5 Å². The van der Waals surface area contributed by atoms with Crippen molar-refractivity contribution in [3.8, 4) is 0 Å². The first kappa shape index (κ1) is 18.9. The average molecular weight is 336 g/mol. The number of ether oxygens (including phenoxy) is 1. The van der Waals surface area contributed by atoms with E-state index in [1.165, 1.54) is 6.07 Å². The van der Waals surface area contributed by atoms with Crippen molar-refractivity contribution < 1.29 is 13.9 Å². The van der Waals surface area contributed by atoms with Gasteiger partial charge in [-0.1, -0.05) is 39.8 Å². The molecule has 0 radical (unpaired) electrons. The molecule has 1 aliphatic heterocycles. The summed E-state index contributed by atoms with van der Waals surface area (Å²) in [6.45, 7) is 11.2. The molecular formula is C19H29FN2O2. The van der Waals surface area contributed by atoms with E-state index in [4.69, 9.17) is 4.74 Å². The Morgan fingerprint density at radius 2 is 2.12 bits per heavy atom. The van der Waals surface area contributed by atoms with Crippen molar-refractivity contribution in [2.75, 3.05) is 26.3 Å². The van der Waals surface area contributed by atoms with Crippen LogP contribution in [0.5, 0.6) is 0 Å². The highest BCUT2D eigenvalue weighted by molar-refractivity contribution is 5.82. The second-order valence-electron chi connectivity index (χ2n) is 7.16. The molecule has 1 atom stereocenters. The van der Waals surface area contributed by atoms with E-state index in [2.05, 4.69) is 24.1 Å². The maximum absolute atomic E-state index is 14.2. The van der Waals surface area contributed by atoms with E-state index in [0.29, 0.717) is 24.7 Å². The van der Waals surface area contributed by atoms with Crippen LogP contribution in [0.1, 0.15) is 44.7 Å². The number of morpholine rings is 1. The van der Waals surface area contributed by atoms with Crippen LogP contribution in [0.25, 0.3) is 0 Å². The molecule has 0 spiro atoms. The van der Waals surface area contributed by atoms with E-state index in [9.17, 15) is 9.18 Å². The van der Waals surface area contributed by atoms with Crippen molar-refractivity contribution >= 4 is 5.91 Å². The Morgan fingerprint density at radius 1 is 1.38 bits per heavy atom. The summed E-state index contributed by atoms with van der Waals surface area (Å²) in [4.78, 5) is 14.8. The van der Waals surface area contributed by atoms with Gasteiger partial charge in [0.15, 0.2) is 0 Å². The lowest BCUT2D eigenvalue weighted by Crippen LogP contribution is -2.54. The molecule has 1 heterocycles. The zero-order valence-electron chi connectivity index (χ0n) is 15.1. The number of hydrogen-bond acceptors (Lipinski definition) is 3. The SMILES string of the molecule is CC(C)CN1CCOCC1C(=O)NCc1c(F)cccc1C(C)C. The van der Waals surface area contributed by atoms with Gasteiger partial charge < -0.3 is 10.1 Å². The van der Waals surface area contributed by atoms with E-state index in [0.717, 1.165) is 18.7 Å². The topological polar surface area (TPSA) is 41.6 Å². The summed E-state index contributed by atoms with van der Waals surface area (Å²) >= 11 is 0. The van der Waals surface area contributed by atoms with E-state index in [1.807, 2.05) is 19.9 Å². The summed E-state index contributed by atoms with van der Waals surface area (Å²) in [6, 6.07) is 4.79. The van der Waals surface area contributed by atoms with Crippen molar-refractivity contribution in [3.05, 3.63) is 35.1 Å². The maximum Gasteiger partial charge on any atom is 0.240 e. The van der Waals surface area contributed by atoms with Crippen LogP contribution in [-0.4, -0.2) is 43.2 Å². The Balaban J connectivity index is 2.04. The fourth-order valence-corrected chi connectivity index (χ4v) is 3.16. The van der Waals surface area contributed by atoms with Gasteiger partial charge in [-0.2, -0.15) is 0 Å². The number of nitrogens with one attached hydrogen (secondary N) is 1. The monoisotopic (exact) mass is 336 g/mol. The number of halogens is 1. The molecule has 1 N–H and O–H groups in total. The van der Waals surface area contributed by atoms with Crippen molar-refractivity contribution in [2.24, 2.45) is 5.92 Å². The van der Waals surface area contributed by atoms with Gasteiger partial charge >= 0.3 is 0 Å². The Hall–Kier alpha value is -1.46. The van der Waals surface area contributed by atoms with Gasteiger partial charge in [-0.25, -0.2) is 4.39 Å². The highest BCUT2D eigenvalue weighted by Crippen LogP contribution is 2.22. The highest BCUT2D eigenvalue weighted by Gasteiger charge is 2.29. The van der Waals surface area contributed by atoms with Crippen LogP contribution in [0.4, 0.5) is 4.39 Å². The molecule has 1 aromatic rings.